The van der Waals surface area contributed by atoms with Gasteiger partial charge in [0.05, 0.1) is 5.56 Å². The Labute approximate surface area is 172 Å². The lowest BCUT2D eigenvalue weighted by molar-refractivity contribution is -0.104. The average Bonchev–Trinajstić information content (AvgIpc) is 2.82. The number of rotatable bonds is 4. The molecular formula is C24H32O5. The van der Waals surface area contributed by atoms with Crippen molar-refractivity contribution < 1.29 is 24.5 Å². The lowest BCUT2D eigenvalue weighted by atomic mass is 9.52. The van der Waals surface area contributed by atoms with E-state index in [1.54, 1.807) is 0 Å². The monoisotopic (exact) mass is 400 g/mol. The second-order valence-corrected chi connectivity index (χ2v) is 10.7. The van der Waals surface area contributed by atoms with Crippen molar-refractivity contribution in [1.29, 1.82) is 0 Å². The third kappa shape index (κ3) is 2.80. The van der Waals surface area contributed by atoms with Crippen LogP contribution in [-0.4, -0.2) is 28.4 Å². The molecule has 0 radical (unpaired) electrons. The van der Waals surface area contributed by atoms with Gasteiger partial charge in [0.2, 0.25) is 0 Å². The minimum absolute atomic E-state index is 0.00937. The highest BCUT2D eigenvalue weighted by atomic mass is 16.5. The van der Waals surface area contributed by atoms with Gasteiger partial charge in [0.25, 0.3) is 0 Å². The van der Waals surface area contributed by atoms with Crippen LogP contribution in [-0.2, 0) is 6.42 Å². The molecule has 0 spiro atoms. The smallest absolute Gasteiger partial charge is 0.170 e. The number of carbonyl (C=O) groups excluding carboxylic acids is 2. The molecule has 5 rings (SSSR count). The summed E-state index contributed by atoms with van der Waals surface area (Å²) >= 11 is 0. The lowest BCUT2D eigenvalue weighted by Gasteiger charge is -2.56. The van der Waals surface area contributed by atoms with Gasteiger partial charge in [-0.05, 0) is 42.9 Å². The van der Waals surface area contributed by atoms with Crippen LogP contribution in [0, 0.1) is 28.6 Å². The van der Waals surface area contributed by atoms with Gasteiger partial charge in [0.1, 0.15) is 28.9 Å². The molecule has 4 aliphatic rings. The molecule has 5 nitrogen and oxygen atoms in total. The van der Waals surface area contributed by atoms with Crippen LogP contribution >= 0.6 is 0 Å². The van der Waals surface area contributed by atoms with Gasteiger partial charge < -0.3 is 14.9 Å². The van der Waals surface area contributed by atoms with Crippen molar-refractivity contribution in [3.63, 3.8) is 0 Å². The van der Waals surface area contributed by atoms with Gasteiger partial charge in [-0.15, -0.1) is 0 Å². The average molecular weight is 401 g/mol. The van der Waals surface area contributed by atoms with Gasteiger partial charge in [0.15, 0.2) is 12.1 Å². The Morgan fingerprint density at radius 1 is 1.24 bits per heavy atom. The summed E-state index contributed by atoms with van der Waals surface area (Å²) in [6, 6.07) is 0. The second kappa shape index (κ2) is 6.48. The number of hydrogen-bond donors (Lipinski definition) is 2. The highest BCUT2D eigenvalue weighted by molar-refractivity contribution is 6.05. The predicted octanol–water partition coefficient (Wildman–Crippen LogP) is 4.91. The Bertz CT molecular complexity index is 884. The van der Waals surface area contributed by atoms with Gasteiger partial charge in [-0.3, -0.25) is 9.59 Å². The first-order chi connectivity index (χ1) is 13.5. The van der Waals surface area contributed by atoms with Crippen LogP contribution in [0.15, 0.2) is 0 Å². The van der Waals surface area contributed by atoms with Crippen molar-refractivity contribution in [3.8, 4) is 17.2 Å². The van der Waals surface area contributed by atoms with Crippen LogP contribution < -0.4 is 4.74 Å². The first-order valence-corrected chi connectivity index (χ1v) is 10.8. The number of hydrogen-bond acceptors (Lipinski definition) is 5. The molecule has 2 bridgehead atoms. The zero-order valence-corrected chi connectivity index (χ0v) is 18.0. The molecule has 0 unspecified atom stereocenters. The summed E-state index contributed by atoms with van der Waals surface area (Å²) in [5.41, 5.74) is 0.354. The molecular weight excluding hydrogens is 368 g/mol. The van der Waals surface area contributed by atoms with E-state index in [0.29, 0.717) is 30.1 Å². The van der Waals surface area contributed by atoms with Gasteiger partial charge in [-0.25, -0.2) is 0 Å². The van der Waals surface area contributed by atoms with Crippen LogP contribution in [0.25, 0.3) is 0 Å². The van der Waals surface area contributed by atoms with Crippen molar-refractivity contribution in [2.45, 2.75) is 72.8 Å². The molecule has 1 aromatic rings. The zero-order chi connectivity index (χ0) is 21.3. The SMILES string of the molecule is CC(C)CC(=O)c1c(O)c(C=O)c2c(c1O)C[C@@]1(C)CC[C@H]3C[C@@H]([C@H]1O2)C3(C)C. The molecule has 0 amide bonds. The third-order valence-corrected chi connectivity index (χ3v) is 8.01. The molecule has 1 aliphatic heterocycles. The maximum absolute atomic E-state index is 12.7. The molecule has 1 aromatic carbocycles. The molecule has 29 heavy (non-hydrogen) atoms. The highest BCUT2D eigenvalue weighted by Crippen LogP contribution is 2.64. The second-order valence-electron chi connectivity index (χ2n) is 10.7. The molecule has 158 valence electrons. The summed E-state index contributed by atoms with van der Waals surface area (Å²) in [7, 11) is 0. The van der Waals surface area contributed by atoms with Gasteiger partial charge in [-0.2, -0.15) is 0 Å². The lowest BCUT2D eigenvalue weighted by Crippen LogP contribution is -2.55. The Morgan fingerprint density at radius 2 is 1.93 bits per heavy atom. The molecule has 2 N–H and O–H groups in total. The first kappa shape index (κ1) is 20.2. The topological polar surface area (TPSA) is 83.8 Å². The fourth-order valence-electron chi connectivity index (χ4n) is 6.06. The van der Waals surface area contributed by atoms with E-state index in [4.69, 9.17) is 4.74 Å². The molecule has 0 saturated heterocycles. The maximum atomic E-state index is 12.7. The Kier molecular flexibility index (Phi) is 4.52. The van der Waals surface area contributed by atoms with Crippen LogP contribution in [0.4, 0.5) is 0 Å². The molecule has 0 aromatic heterocycles. The number of fused-ring (bicyclic) bond motifs is 2. The Balaban J connectivity index is 1.85. The van der Waals surface area contributed by atoms with Crippen LogP contribution in [0.5, 0.6) is 17.2 Å². The Morgan fingerprint density at radius 3 is 2.52 bits per heavy atom. The molecule has 3 saturated carbocycles. The maximum Gasteiger partial charge on any atom is 0.170 e. The van der Waals surface area contributed by atoms with Crippen LogP contribution in [0.1, 0.15) is 86.6 Å². The van der Waals surface area contributed by atoms with Crippen molar-refractivity contribution in [1.82, 2.24) is 0 Å². The predicted molar refractivity (Wildman–Crippen MR) is 110 cm³/mol. The summed E-state index contributed by atoms with van der Waals surface area (Å²) < 4.78 is 6.44. The molecule has 3 fully saturated rings. The van der Waals surface area contributed by atoms with Gasteiger partial charge >= 0.3 is 0 Å². The number of aromatic hydroxyl groups is 2. The molecule has 4 atom stereocenters. The summed E-state index contributed by atoms with van der Waals surface area (Å²) in [4.78, 5) is 24.6. The fourth-order valence-corrected chi connectivity index (χ4v) is 6.06. The number of phenolic OH excluding ortho intramolecular Hbond substituents is 2. The summed E-state index contributed by atoms with van der Waals surface area (Å²) in [6.45, 7) is 10.6. The fraction of sp³-hybridized carbons (Fsp3) is 0.667. The standard InChI is InChI=1S/C24H32O5/c1-12(2)8-17(26)18-19(27)14-10-24(5)7-6-13-9-16(23(13,3)4)22(24)29-21(14)15(11-25)20(18)28/h11-13,16,22,27-28H,6-10H2,1-5H3/t13-,16-,22+,24+/m0/s1. The molecule has 1 heterocycles. The minimum atomic E-state index is -0.454. The van der Waals surface area contributed by atoms with E-state index in [9.17, 15) is 19.8 Å². The van der Waals surface area contributed by atoms with E-state index in [2.05, 4.69) is 20.8 Å². The van der Waals surface area contributed by atoms with E-state index >= 15 is 0 Å². The van der Waals surface area contributed by atoms with E-state index in [0.717, 1.165) is 19.3 Å². The number of benzene rings is 1. The number of ether oxygens (including phenoxy) is 1. The first-order valence-electron chi connectivity index (χ1n) is 10.8. The summed E-state index contributed by atoms with van der Waals surface area (Å²) in [5.74, 6) is 0.355. The number of aldehydes is 1. The Hall–Kier alpha value is -2.04. The normalized spacial score (nSPS) is 31.7. The third-order valence-electron chi connectivity index (χ3n) is 8.01. The van der Waals surface area contributed by atoms with Gasteiger partial charge in [-0.1, -0.05) is 34.6 Å². The van der Waals surface area contributed by atoms with E-state index in [1.807, 2.05) is 13.8 Å². The summed E-state index contributed by atoms with van der Waals surface area (Å²) in [6.07, 6.45) is 4.42. The zero-order valence-electron chi connectivity index (χ0n) is 18.0. The van der Waals surface area contributed by atoms with Crippen molar-refractivity contribution in [2.75, 3.05) is 0 Å². The molecule has 5 heteroatoms. The van der Waals surface area contributed by atoms with Crippen molar-refractivity contribution in [3.05, 3.63) is 16.7 Å². The van der Waals surface area contributed by atoms with Crippen molar-refractivity contribution >= 4 is 12.1 Å². The van der Waals surface area contributed by atoms with E-state index in [-0.39, 0.29) is 57.7 Å². The van der Waals surface area contributed by atoms with Gasteiger partial charge in [0, 0.05) is 23.3 Å². The summed E-state index contributed by atoms with van der Waals surface area (Å²) in [5, 5.41) is 21.7. The molecule has 3 aliphatic carbocycles. The number of Topliss-reactive ketones (excluding diaryl/α,β-unsaturated/α-hetero) is 1. The quantitative estimate of drug-likeness (QED) is 0.554. The van der Waals surface area contributed by atoms with Crippen molar-refractivity contribution in [2.24, 2.45) is 28.6 Å². The minimum Gasteiger partial charge on any atom is -0.507 e. The van der Waals surface area contributed by atoms with Crippen LogP contribution in [0.2, 0.25) is 0 Å². The highest BCUT2D eigenvalue weighted by Gasteiger charge is 2.61. The van der Waals surface area contributed by atoms with E-state index < -0.39 is 5.75 Å². The number of phenols is 2. The largest absolute Gasteiger partial charge is 0.507 e. The van der Waals surface area contributed by atoms with Crippen LogP contribution in [0.3, 0.4) is 0 Å². The van der Waals surface area contributed by atoms with E-state index in [1.165, 1.54) is 0 Å². The number of carbonyl (C=O) groups is 2. The number of ketones is 1.